The van der Waals surface area contributed by atoms with Crippen LogP contribution < -0.4 is 5.32 Å². The average Bonchev–Trinajstić information content (AvgIpc) is 2.88. The maximum absolute atomic E-state index is 9.49. The van der Waals surface area contributed by atoms with Gasteiger partial charge in [-0.25, -0.2) is 0 Å². The van der Waals surface area contributed by atoms with Crippen molar-refractivity contribution in [3.63, 3.8) is 0 Å². The Morgan fingerprint density at radius 3 is 2.33 bits per heavy atom. The summed E-state index contributed by atoms with van der Waals surface area (Å²) in [7, 11) is 0. The van der Waals surface area contributed by atoms with Gasteiger partial charge in [0.15, 0.2) is 0 Å². The zero-order valence-corrected chi connectivity index (χ0v) is 7.19. The van der Waals surface area contributed by atoms with Gasteiger partial charge in [0.2, 0.25) is 0 Å². The van der Waals surface area contributed by atoms with Crippen LogP contribution in [-0.2, 0) is 9.59 Å². The molecule has 0 radical (unpaired) electrons. The molecule has 4 heteroatoms. The minimum atomic E-state index is -1.10. The van der Waals surface area contributed by atoms with Gasteiger partial charge >= 0.3 is 0 Å². The number of carbonyl (C=O) groups excluding carboxylic acids is 2. The minimum absolute atomic E-state index is 0.0938. The molecule has 2 N–H and O–H groups in total. The summed E-state index contributed by atoms with van der Waals surface area (Å²) in [5.74, 6) is 0. The first-order valence-corrected chi connectivity index (χ1v) is 4.05. The van der Waals surface area contributed by atoms with Crippen molar-refractivity contribution in [2.24, 2.45) is 0 Å². The number of aliphatic hydroxyl groups is 1. The molecule has 0 aromatic carbocycles. The molecule has 1 aliphatic heterocycles. The van der Waals surface area contributed by atoms with Crippen LogP contribution in [0.5, 0.6) is 0 Å². The van der Waals surface area contributed by atoms with Gasteiger partial charge in [-0.2, -0.15) is 0 Å². The molecule has 1 fully saturated rings. The Balaban J connectivity index is 0.000000211. The Morgan fingerprint density at radius 2 is 2.25 bits per heavy atom. The van der Waals surface area contributed by atoms with Crippen LogP contribution in [0.15, 0.2) is 0 Å². The smallest absolute Gasteiger partial charge is 0.148 e. The number of carbonyl (C=O) groups is 2. The summed E-state index contributed by atoms with van der Waals surface area (Å²) in [4.78, 5) is 18.9. The molecule has 4 nitrogen and oxygen atoms in total. The van der Waals surface area contributed by atoms with Gasteiger partial charge in [-0.05, 0) is 6.42 Å². The van der Waals surface area contributed by atoms with E-state index in [-0.39, 0.29) is 6.42 Å². The topological polar surface area (TPSA) is 76.3 Å². The molecule has 1 aliphatic rings. The summed E-state index contributed by atoms with van der Waals surface area (Å²) in [6.45, 7) is 3.46. The van der Waals surface area contributed by atoms with E-state index in [2.05, 4.69) is 12.2 Å². The average molecular weight is 173 g/mol. The van der Waals surface area contributed by atoms with Crippen LogP contribution in [0.1, 0.15) is 19.8 Å². The highest BCUT2D eigenvalue weighted by molar-refractivity contribution is 5.63. The molecule has 1 rings (SSSR count). The molecule has 0 saturated carbocycles. The fourth-order valence-electron chi connectivity index (χ4n) is 0.526. The summed E-state index contributed by atoms with van der Waals surface area (Å²) < 4.78 is 0. The maximum atomic E-state index is 9.49. The summed E-state index contributed by atoms with van der Waals surface area (Å²) in [5.41, 5.74) is 0. The van der Waals surface area contributed by atoms with Crippen LogP contribution in [0.4, 0.5) is 0 Å². The van der Waals surface area contributed by atoms with E-state index in [4.69, 9.17) is 5.11 Å². The van der Waals surface area contributed by atoms with Gasteiger partial charge in [0.25, 0.3) is 0 Å². The van der Waals surface area contributed by atoms with E-state index in [0.29, 0.717) is 12.6 Å². The molecular weight excluding hydrogens is 158 g/mol. The van der Waals surface area contributed by atoms with Crippen molar-refractivity contribution in [1.82, 2.24) is 5.32 Å². The normalized spacial score (nSPS) is 21.7. The fraction of sp³-hybridized carbons (Fsp3) is 0.750. The second kappa shape index (κ2) is 6.94. The summed E-state index contributed by atoms with van der Waals surface area (Å²) in [6, 6.07) is 0.884. The lowest BCUT2D eigenvalue weighted by Crippen LogP contribution is -2.07. The number of hydrogen-bond acceptors (Lipinski definition) is 4. The molecule has 1 saturated heterocycles. The van der Waals surface area contributed by atoms with Crippen LogP contribution in [0.25, 0.3) is 0 Å². The monoisotopic (exact) mass is 173 g/mol. The van der Waals surface area contributed by atoms with Gasteiger partial charge in [-0.1, -0.05) is 6.92 Å². The van der Waals surface area contributed by atoms with Crippen molar-refractivity contribution in [2.45, 2.75) is 31.9 Å². The lowest BCUT2D eigenvalue weighted by molar-refractivity contribution is -0.119. The van der Waals surface area contributed by atoms with Crippen LogP contribution >= 0.6 is 0 Å². The Hall–Kier alpha value is -0.740. The van der Waals surface area contributed by atoms with Gasteiger partial charge in [-0.15, -0.1) is 0 Å². The SMILES string of the molecule is CCC1CN1.O=CCC(O)C=O. The van der Waals surface area contributed by atoms with Crippen LogP contribution in [0.2, 0.25) is 0 Å². The fourth-order valence-corrected chi connectivity index (χ4v) is 0.526. The highest BCUT2D eigenvalue weighted by Gasteiger charge is 2.15. The van der Waals surface area contributed by atoms with E-state index in [1.807, 2.05) is 0 Å². The molecule has 0 spiro atoms. The highest BCUT2D eigenvalue weighted by atomic mass is 16.3. The van der Waals surface area contributed by atoms with E-state index < -0.39 is 6.10 Å². The van der Waals surface area contributed by atoms with E-state index in [9.17, 15) is 9.59 Å². The van der Waals surface area contributed by atoms with Gasteiger partial charge < -0.3 is 20.0 Å². The van der Waals surface area contributed by atoms with Gasteiger partial charge in [-0.3, -0.25) is 0 Å². The quantitative estimate of drug-likeness (QED) is 0.444. The largest absolute Gasteiger partial charge is 0.385 e. The molecule has 0 amide bonds. The second-order valence-electron chi connectivity index (χ2n) is 2.62. The third-order valence-corrected chi connectivity index (χ3v) is 1.48. The predicted molar refractivity (Wildman–Crippen MR) is 44.8 cm³/mol. The summed E-state index contributed by atoms with van der Waals surface area (Å²) in [5, 5.41) is 11.4. The van der Waals surface area contributed by atoms with Crippen LogP contribution in [0.3, 0.4) is 0 Å². The van der Waals surface area contributed by atoms with E-state index in [1.54, 1.807) is 0 Å². The highest BCUT2D eigenvalue weighted by Crippen LogP contribution is 1.98. The summed E-state index contributed by atoms with van der Waals surface area (Å²) >= 11 is 0. The number of rotatable bonds is 4. The van der Waals surface area contributed by atoms with Crippen molar-refractivity contribution in [3.8, 4) is 0 Å². The molecule has 2 unspecified atom stereocenters. The van der Waals surface area contributed by atoms with Crippen molar-refractivity contribution >= 4 is 12.6 Å². The predicted octanol–water partition coefficient (Wildman–Crippen LogP) is -0.497. The molecule has 70 valence electrons. The Bertz CT molecular complexity index is 134. The number of hydrogen-bond donors (Lipinski definition) is 2. The number of aliphatic hydroxyl groups excluding tert-OH is 1. The molecular formula is C8H15NO3. The van der Waals surface area contributed by atoms with Crippen LogP contribution in [-0.4, -0.2) is 36.4 Å². The molecule has 0 aromatic rings. The van der Waals surface area contributed by atoms with Gasteiger partial charge in [0, 0.05) is 19.0 Å². The third kappa shape index (κ3) is 7.37. The Labute approximate surface area is 72.0 Å². The maximum Gasteiger partial charge on any atom is 0.148 e. The lowest BCUT2D eigenvalue weighted by Gasteiger charge is -1.88. The first-order chi connectivity index (χ1) is 5.74. The summed E-state index contributed by atoms with van der Waals surface area (Å²) in [6.07, 6.45) is 0.939. The second-order valence-corrected chi connectivity index (χ2v) is 2.62. The Kier molecular flexibility index (Phi) is 6.51. The zero-order valence-electron chi connectivity index (χ0n) is 7.19. The standard InChI is InChI=1S/C4H9N.C4H6O3/c1-2-4-3-5-4;5-2-1-4(7)3-6/h4-5H,2-3H2,1H3;2-4,7H,1H2. The third-order valence-electron chi connectivity index (χ3n) is 1.48. The van der Waals surface area contributed by atoms with Gasteiger partial charge in [0.05, 0.1) is 0 Å². The lowest BCUT2D eigenvalue weighted by atomic mass is 10.3. The van der Waals surface area contributed by atoms with Crippen molar-refractivity contribution < 1.29 is 14.7 Å². The molecule has 0 bridgehead atoms. The van der Waals surface area contributed by atoms with E-state index in [0.717, 1.165) is 6.04 Å². The van der Waals surface area contributed by atoms with Crippen molar-refractivity contribution in [1.29, 1.82) is 0 Å². The molecule has 12 heavy (non-hydrogen) atoms. The molecule has 1 heterocycles. The van der Waals surface area contributed by atoms with Crippen LogP contribution in [0, 0.1) is 0 Å². The molecule has 2 atom stereocenters. The van der Waals surface area contributed by atoms with E-state index >= 15 is 0 Å². The van der Waals surface area contributed by atoms with Crippen molar-refractivity contribution in [2.75, 3.05) is 6.54 Å². The zero-order chi connectivity index (χ0) is 9.40. The first kappa shape index (κ1) is 11.3. The molecule has 0 aromatic heterocycles. The van der Waals surface area contributed by atoms with Crippen molar-refractivity contribution in [3.05, 3.63) is 0 Å². The van der Waals surface area contributed by atoms with Gasteiger partial charge in [0.1, 0.15) is 18.7 Å². The van der Waals surface area contributed by atoms with E-state index in [1.165, 1.54) is 13.0 Å². The number of nitrogens with one attached hydrogen (secondary N) is 1. The Morgan fingerprint density at radius 1 is 1.67 bits per heavy atom. The number of aldehydes is 2. The molecule has 0 aliphatic carbocycles. The minimum Gasteiger partial charge on any atom is -0.385 e. The first-order valence-electron chi connectivity index (χ1n) is 4.05.